The predicted molar refractivity (Wildman–Crippen MR) is 105 cm³/mol. The summed E-state index contributed by atoms with van der Waals surface area (Å²) in [7, 11) is 0. The third-order valence-electron chi connectivity index (χ3n) is 7.18. The van der Waals surface area contributed by atoms with Gasteiger partial charge in [0.1, 0.15) is 12.7 Å². The van der Waals surface area contributed by atoms with Crippen molar-refractivity contribution in [2.24, 2.45) is 22.2 Å². The minimum Gasteiger partial charge on any atom is -0.459 e. The summed E-state index contributed by atoms with van der Waals surface area (Å²) < 4.78 is 4.95. The van der Waals surface area contributed by atoms with Gasteiger partial charge in [-0.2, -0.15) is 0 Å². The van der Waals surface area contributed by atoms with Crippen LogP contribution in [0.1, 0.15) is 73.1 Å². The van der Waals surface area contributed by atoms with Gasteiger partial charge in [-0.1, -0.05) is 47.1 Å². The molecule has 0 aromatic carbocycles. The molecule has 5 heteroatoms. The van der Waals surface area contributed by atoms with Crippen molar-refractivity contribution in [1.29, 1.82) is 0 Å². The Bertz CT molecular complexity index is 569. The molecule has 27 heavy (non-hydrogen) atoms. The monoisotopic (exact) mass is 382 g/mol. The smallest absolute Gasteiger partial charge is 0.336 e. The number of aliphatic hydroxyl groups is 3. The molecule has 1 aliphatic heterocycles. The van der Waals surface area contributed by atoms with Crippen LogP contribution in [0.25, 0.3) is 0 Å². The lowest BCUT2D eigenvalue weighted by molar-refractivity contribution is -0.135. The van der Waals surface area contributed by atoms with Gasteiger partial charge < -0.3 is 20.1 Å². The van der Waals surface area contributed by atoms with Crippen LogP contribution in [0.15, 0.2) is 11.6 Å². The van der Waals surface area contributed by atoms with Crippen molar-refractivity contribution in [2.45, 2.75) is 85.4 Å². The Morgan fingerprint density at radius 3 is 2.52 bits per heavy atom. The molecule has 2 fully saturated rings. The molecule has 1 heterocycles. The third kappa shape index (κ3) is 4.57. The zero-order valence-electron chi connectivity index (χ0n) is 17.6. The normalized spacial score (nSPS) is 37.5. The molecule has 0 aromatic heterocycles. The standard InChI is InChI=1S/C22H38O5/c1-6-10-20(2,3)17(8-7-15-16(24)12-27-19(15)26)21(4)11-9-18(25)22(5,13-21)14-23/h7,16-18,23-25H,6,8-14H2,1-5H3/b15-7+/t16-,17-,18-,21-,22-/m1/s1. The third-order valence-corrected chi connectivity index (χ3v) is 7.18. The first-order valence-electron chi connectivity index (χ1n) is 10.3. The summed E-state index contributed by atoms with van der Waals surface area (Å²) in [5, 5.41) is 30.4. The fraction of sp³-hybridized carbons (Fsp3) is 0.864. The van der Waals surface area contributed by atoms with E-state index in [4.69, 9.17) is 4.74 Å². The van der Waals surface area contributed by atoms with E-state index in [0.29, 0.717) is 18.4 Å². The highest BCUT2D eigenvalue weighted by Crippen LogP contribution is 2.56. The van der Waals surface area contributed by atoms with Crippen LogP contribution in [0.2, 0.25) is 0 Å². The molecule has 2 aliphatic rings. The van der Waals surface area contributed by atoms with Crippen molar-refractivity contribution in [3.8, 4) is 0 Å². The molecule has 1 saturated carbocycles. The second-order valence-corrected chi connectivity index (χ2v) is 10.00. The van der Waals surface area contributed by atoms with Crippen LogP contribution in [0.5, 0.6) is 0 Å². The van der Waals surface area contributed by atoms with Gasteiger partial charge in [0.15, 0.2) is 0 Å². The van der Waals surface area contributed by atoms with Gasteiger partial charge in [0.25, 0.3) is 0 Å². The van der Waals surface area contributed by atoms with E-state index in [1.807, 2.05) is 13.0 Å². The first kappa shape index (κ1) is 22.4. The van der Waals surface area contributed by atoms with E-state index < -0.39 is 23.6 Å². The SMILES string of the molecule is CCCC(C)(C)[C@@H](C/C=C1/C(=O)OC[C@H]1O)[C@]1(C)CC[C@@H](O)[C@@](C)(CO)C1. The van der Waals surface area contributed by atoms with E-state index in [9.17, 15) is 20.1 Å². The Morgan fingerprint density at radius 1 is 1.33 bits per heavy atom. The Morgan fingerprint density at radius 2 is 2.00 bits per heavy atom. The van der Waals surface area contributed by atoms with Gasteiger partial charge in [-0.15, -0.1) is 0 Å². The number of carbonyl (C=O) groups excluding carboxylic acids is 1. The summed E-state index contributed by atoms with van der Waals surface area (Å²) in [5.41, 5.74) is -0.171. The molecule has 156 valence electrons. The number of hydrogen-bond donors (Lipinski definition) is 3. The molecule has 1 saturated heterocycles. The lowest BCUT2D eigenvalue weighted by Gasteiger charge is -2.54. The van der Waals surface area contributed by atoms with E-state index in [2.05, 4.69) is 27.7 Å². The van der Waals surface area contributed by atoms with Crippen molar-refractivity contribution in [3.05, 3.63) is 11.6 Å². The summed E-state index contributed by atoms with van der Waals surface area (Å²) in [6.07, 6.45) is 5.66. The topological polar surface area (TPSA) is 87.0 Å². The van der Waals surface area contributed by atoms with Crippen molar-refractivity contribution in [1.82, 2.24) is 0 Å². The average Bonchev–Trinajstić information content (AvgIpc) is 2.90. The molecule has 5 atom stereocenters. The summed E-state index contributed by atoms with van der Waals surface area (Å²) in [4.78, 5) is 11.9. The average molecular weight is 383 g/mol. The van der Waals surface area contributed by atoms with E-state index in [0.717, 1.165) is 25.7 Å². The van der Waals surface area contributed by atoms with E-state index in [1.165, 1.54) is 0 Å². The van der Waals surface area contributed by atoms with Gasteiger partial charge in [-0.3, -0.25) is 0 Å². The van der Waals surface area contributed by atoms with Gasteiger partial charge >= 0.3 is 5.97 Å². The maximum absolute atomic E-state index is 11.9. The maximum atomic E-state index is 11.9. The molecular formula is C22H38O5. The van der Waals surface area contributed by atoms with E-state index in [1.54, 1.807) is 0 Å². The number of rotatable bonds is 7. The Kier molecular flexibility index (Phi) is 6.81. The fourth-order valence-corrected chi connectivity index (χ4v) is 5.70. The summed E-state index contributed by atoms with van der Waals surface area (Å²) in [6.45, 7) is 11.0. The molecule has 1 aliphatic carbocycles. The highest BCUT2D eigenvalue weighted by Gasteiger charge is 2.51. The molecule has 0 aromatic rings. The largest absolute Gasteiger partial charge is 0.459 e. The molecule has 0 amide bonds. The summed E-state index contributed by atoms with van der Waals surface area (Å²) >= 11 is 0. The number of allylic oxidation sites excluding steroid dienone is 1. The minimum atomic E-state index is -0.837. The zero-order chi connectivity index (χ0) is 20.5. The summed E-state index contributed by atoms with van der Waals surface area (Å²) in [6, 6.07) is 0. The van der Waals surface area contributed by atoms with Crippen molar-refractivity contribution >= 4 is 5.97 Å². The molecule has 0 bridgehead atoms. The molecule has 2 rings (SSSR count). The van der Waals surface area contributed by atoms with Gasteiger partial charge in [0.2, 0.25) is 0 Å². The number of esters is 1. The quantitative estimate of drug-likeness (QED) is 0.465. The lowest BCUT2D eigenvalue weighted by atomic mass is 9.52. The second kappa shape index (κ2) is 8.22. The van der Waals surface area contributed by atoms with Crippen LogP contribution in [0.4, 0.5) is 0 Å². The summed E-state index contributed by atoms with van der Waals surface area (Å²) in [5.74, 6) is -0.157. The van der Waals surface area contributed by atoms with Crippen LogP contribution in [-0.4, -0.2) is 46.7 Å². The van der Waals surface area contributed by atoms with E-state index >= 15 is 0 Å². The maximum Gasteiger partial charge on any atom is 0.336 e. The van der Waals surface area contributed by atoms with Gasteiger partial charge in [-0.25, -0.2) is 4.79 Å². The van der Waals surface area contributed by atoms with Crippen molar-refractivity contribution < 1.29 is 24.9 Å². The molecular weight excluding hydrogens is 344 g/mol. The Hall–Kier alpha value is -0.910. The number of aliphatic hydroxyl groups excluding tert-OH is 3. The second-order valence-electron chi connectivity index (χ2n) is 10.00. The van der Waals surface area contributed by atoms with Crippen LogP contribution >= 0.6 is 0 Å². The van der Waals surface area contributed by atoms with Crippen LogP contribution in [-0.2, 0) is 9.53 Å². The van der Waals surface area contributed by atoms with Gasteiger partial charge in [-0.05, 0) is 48.9 Å². The van der Waals surface area contributed by atoms with Crippen LogP contribution in [0, 0.1) is 22.2 Å². The van der Waals surface area contributed by atoms with Gasteiger partial charge in [0, 0.05) is 5.41 Å². The highest BCUT2D eigenvalue weighted by atomic mass is 16.6. The Labute approximate surface area is 163 Å². The highest BCUT2D eigenvalue weighted by molar-refractivity contribution is 5.91. The first-order chi connectivity index (χ1) is 12.5. The van der Waals surface area contributed by atoms with Crippen molar-refractivity contribution in [3.63, 3.8) is 0 Å². The molecule has 5 nitrogen and oxygen atoms in total. The zero-order valence-corrected chi connectivity index (χ0v) is 17.6. The number of carbonyl (C=O) groups is 1. The number of cyclic esters (lactones) is 1. The molecule has 0 radical (unpaired) electrons. The van der Waals surface area contributed by atoms with E-state index in [-0.39, 0.29) is 30.0 Å². The molecule has 0 spiro atoms. The predicted octanol–water partition coefficient (Wildman–Crippen LogP) is 3.21. The van der Waals surface area contributed by atoms with Crippen molar-refractivity contribution in [2.75, 3.05) is 13.2 Å². The van der Waals surface area contributed by atoms with Crippen LogP contribution < -0.4 is 0 Å². The molecule has 0 unspecified atom stereocenters. The Balaban J connectivity index is 2.35. The molecule has 3 N–H and O–H groups in total. The number of hydrogen-bond acceptors (Lipinski definition) is 5. The van der Waals surface area contributed by atoms with Gasteiger partial charge in [0.05, 0.1) is 18.3 Å². The first-order valence-corrected chi connectivity index (χ1v) is 10.3. The lowest BCUT2D eigenvalue weighted by Crippen LogP contribution is -2.50. The van der Waals surface area contributed by atoms with Crippen LogP contribution in [0.3, 0.4) is 0 Å². The number of ether oxygens (including phenoxy) is 1. The fourth-order valence-electron chi connectivity index (χ4n) is 5.70. The minimum absolute atomic E-state index is 0.0309.